The lowest BCUT2D eigenvalue weighted by Gasteiger charge is -2.37. The summed E-state index contributed by atoms with van der Waals surface area (Å²) in [5.74, 6) is -0.346. The van der Waals surface area contributed by atoms with Gasteiger partial charge in [0.2, 0.25) is 0 Å². The Morgan fingerprint density at radius 3 is 1.72 bits per heavy atom. The molecule has 0 saturated carbocycles. The van der Waals surface area contributed by atoms with E-state index in [1.54, 1.807) is 0 Å². The molecule has 0 atom stereocenters. The van der Waals surface area contributed by atoms with E-state index in [1.807, 2.05) is 73.7 Å². The summed E-state index contributed by atoms with van der Waals surface area (Å²) in [6, 6.07) is 34.7. The first-order valence-corrected chi connectivity index (χ1v) is 10.4. The average molecular weight is 421 g/mol. The average Bonchev–Trinajstić information content (AvgIpc) is 2.83. The zero-order valence-corrected chi connectivity index (χ0v) is 17.8. The van der Waals surface area contributed by atoms with Gasteiger partial charge in [0.1, 0.15) is 11.4 Å². The lowest BCUT2D eigenvalue weighted by molar-refractivity contribution is -0.131. The summed E-state index contributed by atoms with van der Waals surface area (Å²) in [7, 11) is 0. The molecule has 0 unspecified atom stereocenters. The van der Waals surface area contributed by atoms with E-state index in [0.717, 1.165) is 28.3 Å². The number of pyridine rings is 1. The van der Waals surface area contributed by atoms with Gasteiger partial charge in [0.25, 0.3) is 0 Å². The third kappa shape index (κ3) is 4.44. The number of carbonyl (C=O) groups is 1. The van der Waals surface area contributed by atoms with E-state index in [9.17, 15) is 4.79 Å². The van der Waals surface area contributed by atoms with Crippen molar-refractivity contribution in [3.63, 3.8) is 0 Å². The second kappa shape index (κ2) is 9.31. The van der Waals surface area contributed by atoms with Crippen molar-refractivity contribution >= 4 is 17.9 Å². The number of hydrogen-bond acceptors (Lipinski definition) is 3. The zero-order valence-electron chi connectivity index (χ0n) is 17.8. The van der Waals surface area contributed by atoms with Crippen LogP contribution in [0.25, 0.3) is 6.08 Å². The predicted molar refractivity (Wildman–Crippen MR) is 128 cm³/mol. The number of nitrogens with zero attached hydrogens (tertiary/aromatic N) is 1. The number of benzene rings is 3. The van der Waals surface area contributed by atoms with Crippen LogP contribution >= 0.6 is 0 Å². The molecule has 4 nitrogen and oxygen atoms in total. The molecule has 0 amide bonds. The molecule has 0 spiro atoms. The minimum absolute atomic E-state index is 0.581. The maximum Gasteiger partial charge on any atom is 0.328 e. The minimum Gasteiger partial charge on any atom is -0.478 e. The highest BCUT2D eigenvalue weighted by Crippen LogP contribution is 2.39. The largest absolute Gasteiger partial charge is 0.478 e. The van der Waals surface area contributed by atoms with Gasteiger partial charge in [0, 0.05) is 6.08 Å². The van der Waals surface area contributed by atoms with Crippen molar-refractivity contribution in [2.75, 3.05) is 5.32 Å². The van der Waals surface area contributed by atoms with E-state index in [2.05, 4.69) is 41.7 Å². The highest BCUT2D eigenvalue weighted by atomic mass is 16.4. The quantitative estimate of drug-likeness (QED) is 0.289. The van der Waals surface area contributed by atoms with Gasteiger partial charge in [-0.1, -0.05) is 91.0 Å². The summed E-state index contributed by atoms with van der Waals surface area (Å²) in [5.41, 5.74) is 4.09. The van der Waals surface area contributed by atoms with Crippen LogP contribution in [0.15, 0.2) is 109 Å². The van der Waals surface area contributed by atoms with Crippen LogP contribution in [0.4, 0.5) is 5.82 Å². The molecule has 4 rings (SSSR count). The molecule has 0 aliphatic rings. The molecule has 32 heavy (non-hydrogen) atoms. The van der Waals surface area contributed by atoms with E-state index in [-0.39, 0.29) is 0 Å². The van der Waals surface area contributed by atoms with Crippen LogP contribution in [0.3, 0.4) is 0 Å². The van der Waals surface area contributed by atoms with Gasteiger partial charge in [-0.3, -0.25) is 0 Å². The van der Waals surface area contributed by atoms with Crippen molar-refractivity contribution in [3.8, 4) is 0 Å². The number of hydrogen-bond donors (Lipinski definition) is 2. The van der Waals surface area contributed by atoms with E-state index in [0.29, 0.717) is 11.5 Å². The molecule has 0 radical (unpaired) electrons. The van der Waals surface area contributed by atoms with E-state index < -0.39 is 11.5 Å². The molecule has 0 saturated heterocycles. The topological polar surface area (TPSA) is 62.2 Å². The molecule has 3 aromatic carbocycles. The third-order valence-corrected chi connectivity index (χ3v) is 5.32. The van der Waals surface area contributed by atoms with Crippen molar-refractivity contribution in [1.29, 1.82) is 0 Å². The Morgan fingerprint density at radius 2 is 1.28 bits per heavy atom. The molecule has 2 N–H and O–H groups in total. The van der Waals surface area contributed by atoms with Crippen LogP contribution in [0, 0.1) is 6.92 Å². The first kappa shape index (κ1) is 21.1. The van der Waals surface area contributed by atoms with Crippen LogP contribution in [0.5, 0.6) is 0 Å². The lowest BCUT2D eigenvalue weighted by Crippen LogP contribution is -2.38. The highest BCUT2D eigenvalue weighted by Gasteiger charge is 2.36. The minimum atomic E-state index is -1.00. The van der Waals surface area contributed by atoms with E-state index in [4.69, 9.17) is 10.1 Å². The Hall–Kier alpha value is -4.18. The van der Waals surface area contributed by atoms with Crippen molar-refractivity contribution < 1.29 is 9.90 Å². The number of aromatic nitrogens is 1. The molecule has 158 valence electrons. The second-order valence-corrected chi connectivity index (χ2v) is 7.60. The smallest absolute Gasteiger partial charge is 0.328 e. The Kier molecular flexibility index (Phi) is 6.13. The first-order chi connectivity index (χ1) is 15.6. The summed E-state index contributed by atoms with van der Waals surface area (Å²) in [4.78, 5) is 15.7. The lowest BCUT2D eigenvalue weighted by atomic mass is 9.77. The number of nitrogens with one attached hydrogen (secondary N) is 1. The van der Waals surface area contributed by atoms with Gasteiger partial charge < -0.3 is 10.4 Å². The SMILES string of the molecule is Cc1cc(C=CC(=O)O)nc(NC(c2ccccc2)(c2ccccc2)c2ccccc2)c1. The van der Waals surface area contributed by atoms with Crippen molar-refractivity contribution in [3.05, 3.63) is 137 Å². The molecule has 0 bridgehead atoms. The van der Waals surface area contributed by atoms with Gasteiger partial charge in [0.05, 0.1) is 5.69 Å². The van der Waals surface area contributed by atoms with E-state index in [1.165, 1.54) is 6.08 Å². The van der Waals surface area contributed by atoms with Gasteiger partial charge >= 0.3 is 5.97 Å². The third-order valence-electron chi connectivity index (χ3n) is 5.32. The molecular weight excluding hydrogens is 396 g/mol. The Labute approximate surface area is 187 Å². The fraction of sp³-hybridized carbons (Fsp3) is 0.0714. The molecule has 1 aromatic heterocycles. The molecule has 4 heteroatoms. The number of rotatable bonds is 7. The summed E-state index contributed by atoms with van der Waals surface area (Å²) in [5, 5.41) is 12.7. The maximum absolute atomic E-state index is 11.0. The molecule has 1 heterocycles. The number of aliphatic carboxylic acids is 1. The van der Waals surface area contributed by atoms with E-state index >= 15 is 0 Å². The maximum atomic E-state index is 11.0. The van der Waals surface area contributed by atoms with Crippen molar-refractivity contribution in [2.45, 2.75) is 12.5 Å². The summed E-state index contributed by atoms with van der Waals surface area (Å²) in [6.07, 6.45) is 2.61. The summed E-state index contributed by atoms with van der Waals surface area (Å²) < 4.78 is 0. The number of carboxylic acid groups (broad SMARTS) is 1. The van der Waals surface area contributed by atoms with Crippen molar-refractivity contribution in [1.82, 2.24) is 4.98 Å². The first-order valence-electron chi connectivity index (χ1n) is 10.4. The monoisotopic (exact) mass is 420 g/mol. The van der Waals surface area contributed by atoms with Gasteiger partial charge in [-0.25, -0.2) is 9.78 Å². The van der Waals surface area contributed by atoms with Crippen LogP contribution in [0.1, 0.15) is 27.9 Å². The summed E-state index contributed by atoms with van der Waals surface area (Å²) in [6.45, 7) is 1.97. The zero-order chi connectivity index (χ0) is 22.4. The number of anilines is 1. The van der Waals surface area contributed by atoms with Crippen LogP contribution < -0.4 is 5.32 Å². The fourth-order valence-electron chi connectivity index (χ4n) is 3.97. The van der Waals surface area contributed by atoms with Gasteiger partial charge in [-0.15, -0.1) is 0 Å². The fourth-order valence-corrected chi connectivity index (χ4v) is 3.97. The normalized spacial score (nSPS) is 11.4. The molecule has 0 fully saturated rings. The Bertz CT molecular complexity index is 1120. The predicted octanol–water partition coefficient (Wildman–Crippen LogP) is 5.89. The number of carboxylic acids is 1. The molecule has 4 aromatic rings. The van der Waals surface area contributed by atoms with Crippen molar-refractivity contribution in [2.24, 2.45) is 0 Å². The Morgan fingerprint density at radius 1 is 0.812 bits per heavy atom. The second-order valence-electron chi connectivity index (χ2n) is 7.60. The van der Waals surface area contributed by atoms with Crippen LogP contribution in [0.2, 0.25) is 0 Å². The van der Waals surface area contributed by atoms with Crippen LogP contribution in [-0.2, 0) is 10.3 Å². The summed E-state index contributed by atoms with van der Waals surface area (Å²) >= 11 is 0. The van der Waals surface area contributed by atoms with Gasteiger partial charge in [-0.05, 0) is 47.4 Å². The van der Waals surface area contributed by atoms with Gasteiger partial charge in [0.15, 0.2) is 0 Å². The molecule has 0 aliphatic heterocycles. The number of aryl methyl sites for hydroxylation is 1. The Balaban J connectivity index is 1.94. The highest BCUT2D eigenvalue weighted by molar-refractivity contribution is 5.85. The van der Waals surface area contributed by atoms with Gasteiger partial charge in [-0.2, -0.15) is 0 Å². The van der Waals surface area contributed by atoms with Crippen LogP contribution in [-0.4, -0.2) is 16.1 Å². The standard InChI is InChI=1S/C28H24N2O2/c1-21-19-25(17-18-27(31)32)29-26(20-21)30-28(22-11-5-2-6-12-22,23-13-7-3-8-14-23)24-15-9-4-10-16-24/h2-20H,1H3,(H,29,30)(H,31,32). The molecular formula is C28H24N2O2. The molecule has 0 aliphatic carbocycles.